The number of carbonyl (C=O) groups excluding carboxylic acids is 2. The molecule has 0 atom stereocenters. The van der Waals surface area contributed by atoms with Crippen molar-refractivity contribution >= 4 is 29.1 Å². The summed E-state index contributed by atoms with van der Waals surface area (Å²) in [6, 6.07) is 4.13. The van der Waals surface area contributed by atoms with Crippen molar-refractivity contribution in [2.24, 2.45) is 5.92 Å². The fourth-order valence-corrected chi connectivity index (χ4v) is 2.40. The summed E-state index contributed by atoms with van der Waals surface area (Å²) in [5.74, 6) is -0.546. The molecule has 4 nitrogen and oxygen atoms in total. The first-order valence-corrected chi connectivity index (χ1v) is 7.37. The van der Waals surface area contributed by atoms with Crippen LogP contribution in [0.25, 0.3) is 0 Å². The van der Waals surface area contributed by atoms with E-state index in [1.54, 1.807) is 0 Å². The molecule has 0 saturated heterocycles. The van der Waals surface area contributed by atoms with Gasteiger partial charge in [0.2, 0.25) is 11.8 Å². The smallest absolute Gasteiger partial charge is 0.223 e. The van der Waals surface area contributed by atoms with E-state index in [1.807, 2.05) is 0 Å². The van der Waals surface area contributed by atoms with E-state index in [0.717, 1.165) is 19.3 Å². The summed E-state index contributed by atoms with van der Waals surface area (Å²) in [6.07, 6.45) is 2.98. The van der Waals surface area contributed by atoms with Crippen LogP contribution in [-0.4, -0.2) is 24.9 Å². The molecule has 2 amide bonds. The fraction of sp³-hybridized carbons (Fsp3) is 0.467. The highest BCUT2D eigenvalue weighted by atomic mass is 35.5. The molecule has 1 aliphatic carbocycles. The van der Waals surface area contributed by atoms with Gasteiger partial charge < -0.3 is 10.2 Å². The minimum Gasteiger partial charge on any atom is -0.354 e. The zero-order valence-electron chi connectivity index (χ0n) is 11.9. The molecule has 0 radical (unpaired) electrons. The van der Waals surface area contributed by atoms with Crippen LogP contribution in [0.1, 0.15) is 26.2 Å². The standard InChI is InChI=1S/C15H18ClFN2O2/c1-10(20)19(12-5-6-14(17)13(16)9-12)8-7-18-15(21)11-3-2-4-11/h5-6,9,11H,2-4,7-8H2,1H3,(H,18,21). The summed E-state index contributed by atoms with van der Waals surface area (Å²) in [4.78, 5) is 24.9. The number of nitrogens with zero attached hydrogens (tertiary/aromatic N) is 1. The third kappa shape index (κ3) is 3.94. The maximum atomic E-state index is 13.2. The fourth-order valence-electron chi connectivity index (χ4n) is 2.23. The first-order chi connectivity index (χ1) is 9.99. The Morgan fingerprint density at radius 1 is 1.43 bits per heavy atom. The van der Waals surface area contributed by atoms with Gasteiger partial charge in [0.25, 0.3) is 0 Å². The second-order valence-corrected chi connectivity index (χ2v) is 5.60. The molecule has 1 fully saturated rings. The Balaban J connectivity index is 1.93. The van der Waals surface area contributed by atoms with Crippen LogP contribution >= 0.6 is 11.6 Å². The van der Waals surface area contributed by atoms with Gasteiger partial charge >= 0.3 is 0 Å². The van der Waals surface area contributed by atoms with Crippen LogP contribution in [0.2, 0.25) is 5.02 Å². The molecule has 0 unspecified atom stereocenters. The highest BCUT2D eigenvalue weighted by molar-refractivity contribution is 6.31. The minimum absolute atomic E-state index is 0.0303. The zero-order valence-corrected chi connectivity index (χ0v) is 12.6. The Labute approximate surface area is 128 Å². The summed E-state index contributed by atoms with van der Waals surface area (Å²) in [5, 5.41) is 2.80. The highest BCUT2D eigenvalue weighted by Gasteiger charge is 2.25. The van der Waals surface area contributed by atoms with Crippen LogP contribution in [0.5, 0.6) is 0 Å². The van der Waals surface area contributed by atoms with Crippen LogP contribution in [0.4, 0.5) is 10.1 Å². The van der Waals surface area contributed by atoms with Crippen LogP contribution in [-0.2, 0) is 9.59 Å². The number of amides is 2. The van der Waals surface area contributed by atoms with E-state index in [9.17, 15) is 14.0 Å². The van der Waals surface area contributed by atoms with Gasteiger partial charge in [-0.3, -0.25) is 9.59 Å². The lowest BCUT2D eigenvalue weighted by molar-refractivity contribution is -0.127. The average Bonchev–Trinajstić information content (AvgIpc) is 2.35. The maximum absolute atomic E-state index is 13.2. The Bertz CT molecular complexity index is 546. The maximum Gasteiger partial charge on any atom is 0.223 e. The minimum atomic E-state index is -0.526. The van der Waals surface area contributed by atoms with Crippen molar-refractivity contribution < 1.29 is 14.0 Å². The second-order valence-electron chi connectivity index (χ2n) is 5.19. The zero-order chi connectivity index (χ0) is 15.4. The third-order valence-corrected chi connectivity index (χ3v) is 4.00. The summed E-state index contributed by atoms with van der Waals surface area (Å²) < 4.78 is 13.2. The van der Waals surface area contributed by atoms with Crippen molar-refractivity contribution in [3.05, 3.63) is 29.0 Å². The summed E-state index contributed by atoms with van der Waals surface area (Å²) in [7, 11) is 0. The van der Waals surface area contributed by atoms with Crippen molar-refractivity contribution in [2.45, 2.75) is 26.2 Å². The summed E-state index contributed by atoms with van der Waals surface area (Å²) >= 11 is 5.73. The van der Waals surface area contributed by atoms with Gasteiger partial charge in [0.05, 0.1) is 5.02 Å². The van der Waals surface area contributed by atoms with Crippen molar-refractivity contribution in [1.29, 1.82) is 0 Å². The van der Waals surface area contributed by atoms with Gasteiger partial charge in [0.1, 0.15) is 5.82 Å². The van der Waals surface area contributed by atoms with Gasteiger partial charge in [-0.1, -0.05) is 18.0 Å². The van der Waals surface area contributed by atoms with Gasteiger partial charge in [-0.2, -0.15) is 0 Å². The summed E-state index contributed by atoms with van der Waals surface area (Å²) in [5.41, 5.74) is 0.520. The lowest BCUT2D eigenvalue weighted by Gasteiger charge is -2.26. The molecule has 1 aromatic carbocycles. The third-order valence-electron chi connectivity index (χ3n) is 3.71. The molecular formula is C15H18ClFN2O2. The van der Waals surface area contributed by atoms with Crippen LogP contribution < -0.4 is 10.2 Å². The first kappa shape index (κ1) is 15.8. The topological polar surface area (TPSA) is 49.4 Å². The van der Waals surface area contributed by atoms with E-state index in [1.165, 1.54) is 30.0 Å². The number of nitrogens with one attached hydrogen (secondary N) is 1. The summed E-state index contributed by atoms with van der Waals surface area (Å²) in [6.45, 7) is 2.12. The number of carbonyl (C=O) groups is 2. The quantitative estimate of drug-likeness (QED) is 0.909. The van der Waals surface area contributed by atoms with E-state index in [2.05, 4.69) is 5.32 Å². The van der Waals surface area contributed by atoms with E-state index in [0.29, 0.717) is 18.8 Å². The SMILES string of the molecule is CC(=O)N(CCNC(=O)C1CCC1)c1ccc(F)c(Cl)c1. The molecule has 6 heteroatoms. The van der Waals surface area contributed by atoms with Crippen molar-refractivity contribution in [2.75, 3.05) is 18.0 Å². The molecule has 0 aromatic heterocycles. The number of benzene rings is 1. The highest BCUT2D eigenvalue weighted by Crippen LogP contribution is 2.26. The lowest BCUT2D eigenvalue weighted by Crippen LogP contribution is -2.41. The normalized spacial score (nSPS) is 14.4. The molecule has 1 aromatic rings. The van der Waals surface area contributed by atoms with E-state index >= 15 is 0 Å². The molecule has 0 heterocycles. The Morgan fingerprint density at radius 3 is 2.67 bits per heavy atom. The molecule has 1 aliphatic rings. The number of halogens is 2. The molecule has 0 bridgehead atoms. The van der Waals surface area contributed by atoms with Gasteiger partial charge in [0.15, 0.2) is 0 Å². The van der Waals surface area contributed by atoms with E-state index in [-0.39, 0.29) is 22.8 Å². The van der Waals surface area contributed by atoms with Crippen molar-refractivity contribution in [1.82, 2.24) is 5.32 Å². The monoisotopic (exact) mass is 312 g/mol. The predicted molar refractivity (Wildman–Crippen MR) is 79.8 cm³/mol. The van der Waals surface area contributed by atoms with E-state index < -0.39 is 5.82 Å². The van der Waals surface area contributed by atoms with Crippen LogP contribution in [0.15, 0.2) is 18.2 Å². The Kier molecular flexibility index (Phi) is 5.17. The second kappa shape index (κ2) is 6.89. The van der Waals surface area contributed by atoms with Gasteiger partial charge in [-0.15, -0.1) is 0 Å². The largest absolute Gasteiger partial charge is 0.354 e. The molecule has 0 spiro atoms. The number of hydrogen-bond donors (Lipinski definition) is 1. The lowest BCUT2D eigenvalue weighted by atomic mass is 9.85. The molecule has 1 saturated carbocycles. The van der Waals surface area contributed by atoms with Crippen LogP contribution in [0, 0.1) is 11.7 Å². The molecule has 114 valence electrons. The predicted octanol–water partition coefficient (Wildman–Crippen LogP) is 2.75. The molecule has 0 aliphatic heterocycles. The Morgan fingerprint density at radius 2 is 2.14 bits per heavy atom. The first-order valence-electron chi connectivity index (χ1n) is 7.00. The number of hydrogen-bond acceptors (Lipinski definition) is 2. The number of anilines is 1. The van der Waals surface area contributed by atoms with Crippen LogP contribution in [0.3, 0.4) is 0 Å². The molecule has 1 N–H and O–H groups in total. The Hall–Kier alpha value is -1.62. The van der Waals surface area contributed by atoms with Crippen molar-refractivity contribution in [3.63, 3.8) is 0 Å². The van der Waals surface area contributed by atoms with E-state index in [4.69, 9.17) is 11.6 Å². The van der Waals surface area contributed by atoms with Crippen molar-refractivity contribution in [3.8, 4) is 0 Å². The van der Waals surface area contributed by atoms with Gasteiger partial charge in [0, 0.05) is 31.6 Å². The molecule has 2 rings (SSSR count). The average molecular weight is 313 g/mol. The molecular weight excluding hydrogens is 295 g/mol. The number of rotatable bonds is 5. The molecule has 21 heavy (non-hydrogen) atoms. The van der Waals surface area contributed by atoms with Gasteiger partial charge in [-0.25, -0.2) is 4.39 Å². The van der Waals surface area contributed by atoms with Gasteiger partial charge in [-0.05, 0) is 31.0 Å².